The van der Waals surface area contributed by atoms with Gasteiger partial charge in [-0.3, -0.25) is 9.59 Å². The van der Waals surface area contributed by atoms with Gasteiger partial charge in [-0.1, -0.05) is 29.8 Å². The lowest BCUT2D eigenvalue weighted by atomic mass is 10.1. The number of amides is 2. The number of rotatable bonds is 4. The predicted octanol–water partition coefficient (Wildman–Crippen LogP) is 3.12. The molecule has 2 aromatic rings. The fourth-order valence-corrected chi connectivity index (χ4v) is 3.01. The summed E-state index contributed by atoms with van der Waals surface area (Å²) in [6, 6.07) is 13.7. The van der Waals surface area contributed by atoms with Crippen LogP contribution < -0.4 is 10.2 Å². The second-order valence-electron chi connectivity index (χ2n) is 5.92. The number of methoxy groups -OCH3 is 1. The van der Waals surface area contributed by atoms with E-state index in [1.807, 2.05) is 30.3 Å². The minimum Gasteiger partial charge on any atom is -0.465 e. The highest BCUT2D eigenvalue weighted by molar-refractivity contribution is 6.34. The highest BCUT2D eigenvalue weighted by atomic mass is 35.5. The second-order valence-corrected chi connectivity index (χ2v) is 6.32. The molecule has 2 amide bonds. The minimum atomic E-state index is -0.525. The molecular formula is C19H17ClN2O4. The van der Waals surface area contributed by atoms with E-state index in [4.69, 9.17) is 11.6 Å². The Kier molecular flexibility index (Phi) is 5.23. The minimum absolute atomic E-state index is 0.106. The van der Waals surface area contributed by atoms with Crippen molar-refractivity contribution >= 4 is 40.8 Å². The van der Waals surface area contributed by atoms with Gasteiger partial charge in [0.1, 0.15) is 0 Å². The average molecular weight is 373 g/mol. The van der Waals surface area contributed by atoms with Crippen LogP contribution in [-0.4, -0.2) is 31.4 Å². The molecular weight excluding hydrogens is 356 g/mol. The Hall–Kier alpha value is -2.86. The first-order valence-corrected chi connectivity index (χ1v) is 8.41. The molecule has 1 saturated heterocycles. The number of esters is 1. The lowest BCUT2D eigenvalue weighted by Gasteiger charge is -2.16. The first-order valence-electron chi connectivity index (χ1n) is 8.03. The van der Waals surface area contributed by atoms with Crippen LogP contribution in [0, 0.1) is 5.92 Å². The van der Waals surface area contributed by atoms with Gasteiger partial charge in [-0.25, -0.2) is 4.79 Å². The van der Waals surface area contributed by atoms with Crippen molar-refractivity contribution in [3.8, 4) is 0 Å². The van der Waals surface area contributed by atoms with Gasteiger partial charge in [0.25, 0.3) is 0 Å². The first-order chi connectivity index (χ1) is 12.5. The molecule has 1 atom stereocenters. The Balaban J connectivity index is 1.73. The lowest BCUT2D eigenvalue weighted by Crippen LogP contribution is -2.28. The van der Waals surface area contributed by atoms with E-state index in [1.54, 1.807) is 4.90 Å². The van der Waals surface area contributed by atoms with E-state index in [9.17, 15) is 14.4 Å². The maximum absolute atomic E-state index is 12.6. The van der Waals surface area contributed by atoms with Gasteiger partial charge in [-0.15, -0.1) is 0 Å². The molecule has 134 valence electrons. The number of carbonyl (C=O) groups is 3. The van der Waals surface area contributed by atoms with Crippen molar-refractivity contribution in [1.29, 1.82) is 0 Å². The Bertz CT molecular complexity index is 854. The number of para-hydroxylation sites is 1. The zero-order valence-corrected chi connectivity index (χ0v) is 14.8. The van der Waals surface area contributed by atoms with E-state index < -0.39 is 11.9 Å². The number of nitrogens with zero attached hydrogens (tertiary/aromatic N) is 1. The third-order valence-electron chi connectivity index (χ3n) is 4.21. The maximum atomic E-state index is 12.6. The lowest BCUT2D eigenvalue weighted by molar-refractivity contribution is -0.122. The molecule has 1 unspecified atom stereocenters. The van der Waals surface area contributed by atoms with Gasteiger partial charge >= 0.3 is 5.97 Å². The molecule has 0 spiro atoms. The molecule has 1 N–H and O–H groups in total. The highest BCUT2D eigenvalue weighted by Gasteiger charge is 2.35. The van der Waals surface area contributed by atoms with Gasteiger partial charge in [0.15, 0.2) is 0 Å². The third-order valence-corrected chi connectivity index (χ3v) is 4.54. The summed E-state index contributed by atoms with van der Waals surface area (Å²) in [7, 11) is 1.28. The summed E-state index contributed by atoms with van der Waals surface area (Å²) in [6.45, 7) is 0.295. The Morgan fingerprint density at radius 3 is 2.62 bits per heavy atom. The summed E-state index contributed by atoms with van der Waals surface area (Å²) in [4.78, 5) is 38.1. The third kappa shape index (κ3) is 3.70. The molecule has 1 heterocycles. The van der Waals surface area contributed by atoms with Gasteiger partial charge < -0.3 is 15.0 Å². The van der Waals surface area contributed by atoms with Gasteiger partial charge in [-0.05, 0) is 30.3 Å². The normalized spacial score (nSPS) is 16.5. The molecule has 1 fully saturated rings. The van der Waals surface area contributed by atoms with Gasteiger partial charge in [-0.2, -0.15) is 0 Å². The Morgan fingerprint density at radius 1 is 1.19 bits per heavy atom. The average Bonchev–Trinajstić information content (AvgIpc) is 3.05. The zero-order chi connectivity index (χ0) is 18.7. The fraction of sp³-hybridized carbons (Fsp3) is 0.211. The van der Waals surface area contributed by atoms with Crippen LogP contribution >= 0.6 is 11.6 Å². The van der Waals surface area contributed by atoms with Crippen molar-refractivity contribution in [2.75, 3.05) is 23.9 Å². The molecule has 0 aromatic heterocycles. The molecule has 0 aliphatic carbocycles. The SMILES string of the molecule is COC(=O)c1ccc(Cl)c(NC(=O)C2CC(=O)N(c3ccccc3)C2)c1. The van der Waals surface area contributed by atoms with Gasteiger partial charge in [0.2, 0.25) is 11.8 Å². The standard InChI is InChI=1S/C19H17ClN2O4/c1-26-19(25)12-7-8-15(20)16(9-12)21-18(24)13-10-17(23)22(11-13)14-5-3-2-4-6-14/h2-9,13H,10-11H2,1H3,(H,21,24). The van der Waals surface area contributed by atoms with E-state index in [1.165, 1.54) is 25.3 Å². The molecule has 7 heteroatoms. The van der Waals surface area contributed by atoms with Gasteiger partial charge in [0, 0.05) is 18.7 Å². The molecule has 6 nitrogen and oxygen atoms in total. The largest absolute Gasteiger partial charge is 0.465 e. The van der Waals surface area contributed by atoms with E-state index in [-0.39, 0.29) is 23.8 Å². The smallest absolute Gasteiger partial charge is 0.337 e. The number of halogens is 1. The van der Waals surface area contributed by atoms with Crippen molar-refractivity contribution in [2.24, 2.45) is 5.92 Å². The van der Waals surface area contributed by atoms with E-state index >= 15 is 0 Å². The molecule has 0 saturated carbocycles. The van der Waals surface area contributed by atoms with Crippen LogP contribution in [0.4, 0.5) is 11.4 Å². The fourth-order valence-electron chi connectivity index (χ4n) is 2.84. The van der Waals surface area contributed by atoms with Crippen molar-refractivity contribution in [2.45, 2.75) is 6.42 Å². The summed E-state index contributed by atoms with van der Waals surface area (Å²) < 4.78 is 4.67. The zero-order valence-electron chi connectivity index (χ0n) is 14.1. The van der Waals surface area contributed by atoms with Crippen LogP contribution in [0.25, 0.3) is 0 Å². The van der Waals surface area contributed by atoms with Crippen molar-refractivity contribution in [1.82, 2.24) is 0 Å². The molecule has 1 aliphatic heterocycles. The molecule has 1 aliphatic rings. The first kappa shape index (κ1) is 17.9. The number of carbonyl (C=O) groups excluding carboxylic acids is 3. The topological polar surface area (TPSA) is 75.7 Å². The van der Waals surface area contributed by atoms with Crippen molar-refractivity contribution < 1.29 is 19.1 Å². The Labute approximate surface area is 155 Å². The van der Waals surface area contributed by atoms with Crippen LogP contribution in [0.3, 0.4) is 0 Å². The number of nitrogens with one attached hydrogen (secondary N) is 1. The summed E-state index contributed by atoms with van der Waals surface area (Å²) >= 11 is 6.10. The number of hydrogen-bond acceptors (Lipinski definition) is 4. The summed E-state index contributed by atoms with van der Waals surface area (Å²) in [5, 5.41) is 3.01. The van der Waals surface area contributed by atoms with E-state index in [0.29, 0.717) is 17.3 Å². The summed E-state index contributed by atoms with van der Waals surface area (Å²) in [5.74, 6) is -1.45. The highest BCUT2D eigenvalue weighted by Crippen LogP contribution is 2.28. The van der Waals surface area contributed by atoms with Gasteiger partial charge in [0.05, 0.1) is 29.3 Å². The second kappa shape index (κ2) is 7.58. The van der Waals surface area contributed by atoms with E-state index in [2.05, 4.69) is 10.1 Å². The number of ether oxygens (including phenoxy) is 1. The van der Waals surface area contributed by atoms with E-state index in [0.717, 1.165) is 5.69 Å². The van der Waals surface area contributed by atoms with Crippen LogP contribution in [0.5, 0.6) is 0 Å². The van der Waals surface area contributed by atoms with Crippen molar-refractivity contribution in [3.63, 3.8) is 0 Å². The molecule has 26 heavy (non-hydrogen) atoms. The molecule has 3 rings (SSSR count). The number of hydrogen-bond donors (Lipinski definition) is 1. The molecule has 0 bridgehead atoms. The molecule has 2 aromatic carbocycles. The van der Waals surface area contributed by atoms with Crippen LogP contribution in [0.15, 0.2) is 48.5 Å². The number of benzene rings is 2. The van der Waals surface area contributed by atoms with Crippen LogP contribution in [-0.2, 0) is 14.3 Å². The summed E-state index contributed by atoms with van der Waals surface area (Å²) in [5.41, 5.74) is 1.35. The predicted molar refractivity (Wildman–Crippen MR) is 98.3 cm³/mol. The Morgan fingerprint density at radius 2 is 1.92 bits per heavy atom. The van der Waals surface area contributed by atoms with Crippen LogP contribution in [0.1, 0.15) is 16.8 Å². The molecule has 0 radical (unpaired) electrons. The summed E-state index contributed by atoms with van der Waals surface area (Å²) in [6.07, 6.45) is 0.120. The monoisotopic (exact) mass is 372 g/mol. The number of anilines is 2. The quantitative estimate of drug-likeness (QED) is 0.837. The van der Waals surface area contributed by atoms with Crippen LogP contribution in [0.2, 0.25) is 5.02 Å². The maximum Gasteiger partial charge on any atom is 0.337 e. The van der Waals surface area contributed by atoms with Crippen molar-refractivity contribution in [3.05, 3.63) is 59.1 Å².